The second-order valence-corrected chi connectivity index (χ2v) is 6.43. The summed E-state index contributed by atoms with van der Waals surface area (Å²) in [5, 5.41) is 9.06. The Morgan fingerprint density at radius 2 is 2.29 bits per heavy atom. The lowest BCUT2D eigenvalue weighted by Gasteiger charge is -2.23. The summed E-state index contributed by atoms with van der Waals surface area (Å²) in [7, 11) is 4.01. The average molecular weight is 342 g/mol. The van der Waals surface area contributed by atoms with E-state index in [1.54, 1.807) is 36.0 Å². The van der Waals surface area contributed by atoms with Crippen LogP contribution in [0.3, 0.4) is 0 Å². The van der Waals surface area contributed by atoms with Crippen molar-refractivity contribution < 1.29 is 4.79 Å². The summed E-state index contributed by atoms with van der Waals surface area (Å²) in [4.78, 5) is 23.9. The van der Waals surface area contributed by atoms with E-state index in [0.29, 0.717) is 17.9 Å². The minimum absolute atomic E-state index is 0.137. The van der Waals surface area contributed by atoms with Crippen LogP contribution in [0.4, 0.5) is 0 Å². The first-order valence-corrected chi connectivity index (χ1v) is 8.32. The topological polar surface area (TPSA) is 75.9 Å². The van der Waals surface area contributed by atoms with E-state index in [4.69, 9.17) is 0 Å². The molecule has 0 saturated carbocycles. The van der Waals surface area contributed by atoms with Crippen LogP contribution in [0, 0.1) is 0 Å². The molecule has 3 heterocycles. The Labute approximate surface area is 144 Å². The highest BCUT2D eigenvalue weighted by atomic mass is 32.1. The zero-order valence-electron chi connectivity index (χ0n) is 13.5. The van der Waals surface area contributed by atoms with Crippen molar-refractivity contribution in [2.45, 2.75) is 6.04 Å². The molecular formula is C16H18N6OS. The molecule has 0 aliphatic carbocycles. The van der Waals surface area contributed by atoms with Gasteiger partial charge in [-0.25, -0.2) is 14.6 Å². The number of likely N-dealkylation sites (N-methyl/N-ethyl adjacent to an activating group) is 1. The molecule has 0 radical (unpaired) electrons. The molecule has 3 aromatic rings. The third kappa shape index (κ3) is 3.66. The molecular weight excluding hydrogens is 324 g/mol. The third-order valence-electron chi connectivity index (χ3n) is 3.61. The molecule has 124 valence electrons. The normalized spacial score (nSPS) is 12.3. The van der Waals surface area contributed by atoms with Gasteiger partial charge in [-0.3, -0.25) is 4.79 Å². The van der Waals surface area contributed by atoms with E-state index >= 15 is 0 Å². The predicted octanol–water partition coefficient (Wildman–Crippen LogP) is 1.76. The van der Waals surface area contributed by atoms with Gasteiger partial charge in [0.05, 0.1) is 6.04 Å². The first kappa shape index (κ1) is 16.3. The number of hydrogen-bond acceptors (Lipinski definition) is 6. The highest BCUT2D eigenvalue weighted by molar-refractivity contribution is 7.10. The van der Waals surface area contributed by atoms with Crippen molar-refractivity contribution >= 4 is 17.2 Å². The molecule has 1 N–H and O–H groups in total. The van der Waals surface area contributed by atoms with Gasteiger partial charge in [0.25, 0.3) is 5.91 Å². The van der Waals surface area contributed by atoms with Crippen molar-refractivity contribution in [3.8, 4) is 5.82 Å². The standard InChI is InChI=1S/C16H18N6OS/c1-21(2)13(14-4-3-7-24-14)9-19-16(23)12-5-6-18-15(8-12)22-11-17-10-20-22/h3-8,10-11,13H,9H2,1-2H3,(H,19,23)/t13-/m1/s1. The molecule has 24 heavy (non-hydrogen) atoms. The Morgan fingerprint density at radius 3 is 2.96 bits per heavy atom. The van der Waals surface area contributed by atoms with Crippen LogP contribution in [0.5, 0.6) is 0 Å². The molecule has 0 fully saturated rings. The zero-order valence-corrected chi connectivity index (χ0v) is 14.3. The highest BCUT2D eigenvalue weighted by Gasteiger charge is 2.17. The first-order chi connectivity index (χ1) is 11.6. The first-order valence-electron chi connectivity index (χ1n) is 7.44. The van der Waals surface area contributed by atoms with Crippen molar-refractivity contribution in [2.24, 2.45) is 0 Å². The monoisotopic (exact) mass is 342 g/mol. The Balaban J connectivity index is 1.70. The molecule has 0 saturated heterocycles. The number of amides is 1. The second-order valence-electron chi connectivity index (χ2n) is 5.45. The van der Waals surface area contributed by atoms with E-state index in [9.17, 15) is 4.79 Å². The number of nitrogens with zero attached hydrogens (tertiary/aromatic N) is 5. The molecule has 1 atom stereocenters. The molecule has 1 amide bonds. The molecule has 8 heteroatoms. The third-order valence-corrected chi connectivity index (χ3v) is 4.59. The fourth-order valence-electron chi connectivity index (χ4n) is 2.32. The van der Waals surface area contributed by atoms with Crippen LogP contribution < -0.4 is 5.32 Å². The average Bonchev–Trinajstić information content (AvgIpc) is 3.28. The van der Waals surface area contributed by atoms with E-state index in [1.807, 2.05) is 25.5 Å². The number of thiophene rings is 1. The van der Waals surface area contributed by atoms with E-state index in [-0.39, 0.29) is 11.9 Å². The number of aromatic nitrogens is 4. The number of hydrogen-bond donors (Lipinski definition) is 1. The van der Waals surface area contributed by atoms with Crippen LogP contribution in [-0.2, 0) is 0 Å². The van der Waals surface area contributed by atoms with Gasteiger partial charge in [-0.1, -0.05) is 6.07 Å². The molecule has 0 spiro atoms. The molecule has 3 rings (SSSR count). The van der Waals surface area contributed by atoms with Gasteiger partial charge in [-0.15, -0.1) is 11.3 Å². The van der Waals surface area contributed by atoms with E-state index in [1.165, 1.54) is 15.9 Å². The molecule has 0 unspecified atom stereocenters. The molecule has 0 aliphatic heterocycles. The summed E-state index contributed by atoms with van der Waals surface area (Å²) in [5.41, 5.74) is 0.541. The van der Waals surface area contributed by atoms with Gasteiger partial charge in [-0.05, 0) is 37.7 Å². The largest absolute Gasteiger partial charge is 0.350 e. The van der Waals surface area contributed by atoms with Gasteiger partial charge < -0.3 is 10.2 Å². The highest BCUT2D eigenvalue weighted by Crippen LogP contribution is 2.22. The zero-order chi connectivity index (χ0) is 16.9. The summed E-state index contributed by atoms with van der Waals surface area (Å²) in [6, 6.07) is 7.62. The van der Waals surface area contributed by atoms with Crippen LogP contribution in [0.1, 0.15) is 21.3 Å². The Bertz CT molecular complexity index is 785. The van der Waals surface area contributed by atoms with Crippen molar-refractivity contribution in [3.05, 3.63) is 58.9 Å². The maximum absolute atomic E-state index is 12.5. The van der Waals surface area contributed by atoms with Crippen LogP contribution in [0.15, 0.2) is 48.5 Å². The Morgan fingerprint density at radius 1 is 1.42 bits per heavy atom. The lowest BCUT2D eigenvalue weighted by Crippen LogP contribution is -2.34. The molecule has 3 aromatic heterocycles. The van der Waals surface area contributed by atoms with E-state index in [2.05, 4.69) is 31.3 Å². The summed E-state index contributed by atoms with van der Waals surface area (Å²) >= 11 is 1.69. The van der Waals surface area contributed by atoms with Gasteiger partial charge in [0.2, 0.25) is 0 Å². The van der Waals surface area contributed by atoms with Gasteiger partial charge in [0.1, 0.15) is 12.7 Å². The Hall–Kier alpha value is -2.58. The number of rotatable bonds is 6. The van der Waals surface area contributed by atoms with Crippen molar-refractivity contribution in [1.82, 2.24) is 30.0 Å². The maximum atomic E-state index is 12.5. The number of pyridine rings is 1. The van der Waals surface area contributed by atoms with Crippen LogP contribution >= 0.6 is 11.3 Å². The van der Waals surface area contributed by atoms with Crippen molar-refractivity contribution in [3.63, 3.8) is 0 Å². The molecule has 0 aromatic carbocycles. The van der Waals surface area contributed by atoms with Crippen LogP contribution in [0.25, 0.3) is 5.82 Å². The number of carbonyl (C=O) groups is 1. The summed E-state index contributed by atoms with van der Waals surface area (Å²) < 4.78 is 1.52. The summed E-state index contributed by atoms with van der Waals surface area (Å²) in [5.74, 6) is 0.421. The minimum atomic E-state index is -0.137. The van der Waals surface area contributed by atoms with Gasteiger partial charge in [0.15, 0.2) is 5.82 Å². The predicted molar refractivity (Wildman–Crippen MR) is 92.2 cm³/mol. The number of carbonyl (C=O) groups excluding carboxylic acids is 1. The SMILES string of the molecule is CN(C)[C@H](CNC(=O)c1ccnc(-n2cncn2)c1)c1cccs1. The van der Waals surface area contributed by atoms with Crippen molar-refractivity contribution in [1.29, 1.82) is 0 Å². The smallest absolute Gasteiger partial charge is 0.251 e. The summed E-state index contributed by atoms with van der Waals surface area (Å²) in [6.45, 7) is 0.535. The van der Waals surface area contributed by atoms with Gasteiger partial charge >= 0.3 is 0 Å². The van der Waals surface area contributed by atoms with Gasteiger partial charge in [-0.2, -0.15) is 5.10 Å². The number of nitrogens with one attached hydrogen (secondary N) is 1. The Kier molecular flexibility index (Phi) is 4.97. The molecule has 0 aliphatic rings. The fourth-order valence-corrected chi connectivity index (χ4v) is 3.24. The summed E-state index contributed by atoms with van der Waals surface area (Å²) in [6.07, 6.45) is 4.56. The quantitative estimate of drug-likeness (QED) is 0.739. The molecule has 7 nitrogen and oxygen atoms in total. The van der Waals surface area contributed by atoms with E-state index in [0.717, 1.165) is 0 Å². The lowest BCUT2D eigenvalue weighted by atomic mass is 10.2. The molecule has 0 bridgehead atoms. The lowest BCUT2D eigenvalue weighted by molar-refractivity contribution is 0.0942. The minimum Gasteiger partial charge on any atom is -0.350 e. The fraction of sp³-hybridized carbons (Fsp3) is 0.250. The maximum Gasteiger partial charge on any atom is 0.251 e. The second kappa shape index (κ2) is 7.33. The van der Waals surface area contributed by atoms with E-state index < -0.39 is 0 Å². The van der Waals surface area contributed by atoms with Gasteiger partial charge in [0, 0.05) is 23.2 Å². The van der Waals surface area contributed by atoms with Crippen molar-refractivity contribution in [2.75, 3.05) is 20.6 Å². The van der Waals surface area contributed by atoms with Crippen LogP contribution in [-0.4, -0.2) is 51.2 Å². The van der Waals surface area contributed by atoms with Crippen LogP contribution in [0.2, 0.25) is 0 Å².